The second-order valence-corrected chi connectivity index (χ2v) is 9.63. The predicted octanol–water partition coefficient (Wildman–Crippen LogP) is 3.84. The average Bonchev–Trinajstić information content (AvgIpc) is 3.38. The van der Waals surface area contributed by atoms with E-state index in [1.807, 2.05) is 60.2 Å². The van der Waals surface area contributed by atoms with Gasteiger partial charge >= 0.3 is 0 Å². The Kier molecular flexibility index (Phi) is 6.83. The Hall–Kier alpha value is -3.13. The van der Waals surface area contributed by atoms with Crippen molar-refractivity contribution in [3.8, 4) is 0 Å². The van der Waals surface area contributed by atoms with Gasteiger partial charge in [0, 0.05) is 24.2 Å². The predicted molar refractivity (Wildman–Crippen MR) is 131 cm³/mol. The number of rotatable bonds is 7. The van der Waals surface area contributed by atoms with Crippen molar-refractivity contribution in [3.05, 3.63) is 53.0 Å². The highest BCUT2D eigenvalue weighted by Gasteiger charge is 2.27. The van der Waals surface area contributed by atoms with Gasteiger partial charge < -0.3 is 20.5 Å². The first-order valence-electron chi connectivity index (χ1n) is 11.4. The molecule has 0 aliphatic heterocycles. The zero-order valence-corrected chi connectivity index (χ0v) is 19.9. The molecule has 0 radical (unpaired) electrons. The normalized spacial score (nSPS) is 18.2. The summed E-state index contributed by atoms with van der Waals surface area (Å²) in [6.07, 6.45) is 2.84. The minimum absolute atomic E-state index is 0.00452. The van der Waals surface area contributed by atoms with Crippen LogP contribution in [0.25, 0.3) is 10.2 Å². The van der Waals surface area contributed by atoms with Crippen molar-refractivity contribution in [2.45, 2.75) is 52.1 Å². The number of primary amides is 1. The highest BCUT2D eigenvalue weighted by atomic mass is 32.1. The summed E-state index contributed by atoms with van der Waals surface area (Å²) in [5.41, 5.74) is 8.78. The molecule has 2 aromatic heterocycles. The molecular formula is C25H30N4O3S. The number of nitrogens with two attached hydrogens (primary N) is 1. The molecule has 2 heterocycles. The molecule has 1 aromatic carbocycles. The number of aryl methyl sites for hydroxylation is 1. The number of nitrogens with zero attached hydrogens (tertiary/aromatic N) is 2. The maximum Gasteiger partial charge on any atom is 0.268 e. The summed E-state index contributed by atoms with van der Waals surface area (Å²) in [5.74, 6) is -0.624. The summed E-state index contributed by atoms with van der Waals surface area (Å²) < 4.78 is 2.79. The van der Waals surface area contributed by atoms with E-state index in [9.17, 15) is 14.4 Å². The van der Waals surface area contributed by atoms with E-state index in [0.29, 0.717) is 25.1 Å². The van der Waals surface area contributed by atoms with Crippen LogP contribution in [0.4, 0.5) is 5.69 Å². The second kappa shape index (κ2) is 9.79. The zero-order valence-electron chi connectivity index (χ0n) is 19.0. The summed E-state index contributed by atoms with van der Waals surface area (Å²) in [4.78, 5) is 39.6. The van der Waals surface area contributed by atoms with Gasteiger partial charge in [-0.2, -0.15) is 0 Å². The standard InChI is InChI=1S/C25H30N4O3S/c1-3-28(19-10-4-16(2)5-11-19)23(30)15-29-20-12-13-33-22(20)14-21(29)25(32)27-18-8-6-17(7-9-18)24(26)31/h4-5,10-14,17-18H,3,6-9,15H2,1-2H3,(H2,26,31)(H,27,32). The van der Waals surface area contributed by atoms with Crippen LogP contribution in [-0.4, -0.2) is 34.9 Å². The number of carbonyl (C=O) groups excluding carboxylic acids is 3. The van der Waals surface area contributed by atoms with Crippen molar-refractivity contribution in [1.82, 2.24) is 9.88 Å². The fraction of sp³-hybridized carbons (Fsp3) is 0.400. The molecule has 3 N–H and O–H groups in total. The minimum Gasteiger partial charge on any atom is -0.369 e. The van der Waals surface area contributed by atoms with Gasteiger partial charge in [-0.15, -0.1) is 11.3 Å². The Morgan fingerprint density at radius 3 is 2.45 bits per heavy atom. The van der Waals surface area contributed by atoms with Gasteiger partial charge in [0.05, 0.1) is 10.2 Å². The van der Waals surface area contributed by atoms with Gasteiger partial charge in [-0.25, -0.2) is 0 Å². The van der Waals surface area contributed by atoms with E-state index in [1.165, 1.54) is 0 Å². The van der Waals surface area contributed by atoms with Gasteiger partial charge in [0.15, 0.2) is 0 Å². The molecule has 1 saturated carbocycles. The SMILES string of the molecule is CCN(C(=O)Cn1c(C(=O)NC2CCC(C(N)=O)CC2)cc2sccc21)c1ccc(C)cc1. The lowest BCUT2D eigenvalue weighted by Crippen LogP contribution is -2.41. The van der Waals surface area contributed by atoms with Crippen LogP contribution in [0, 0.1) is 12.8 Å². The molecule has 0 bridgehead atoms. The number of hydrogen-bond donors (Lipinski definition) is 2. The van der Waals surface area contributed by atoms with Crippen molar-refractivity contribution >= 4 is 45.0 Å². The number of aromatic nitrogens is 1. The van der Waals surface area contributed by atoms with E-state index >= 15 is 0 Å². The van der Waals surface area contributed by atoms with Gasteiger partial charge in [-0.05, 0) is 69.2 Å². The number of thiophene rings is 1. The largest absolute Gasteiger partial charge is 0.369 e. The van der Waals surface area contributed by atoms with Gasteiger partial charge in [-0.1, -0.05) is 17.7 Å². The first-order valence-corrected chi connectivity index (χ1v) is 12.3. The molecule has 7 nitrogen and oxygen atoms in total. The second-order valence-electron chi connectivity index (χ2n) is 8.68. The molecular weight excluding hydrogens is 436 g/mol. The molecule has 1 aliphatic carbocycles. The number of hydrogen-bond acceptors (Lipinski definition) is 4. The molecule has 3 aromatic rings. The lowest BCUT2D eigenvalue weighted by molar-refractivity contribution is -0.122. The van der Waals surface area contributed by atoms with Crippen molar-refractivity contribution in [2.75, 3.05) is 11.4 Å². The van der Waals surface area contributed by atoms with Crippen LogP contribution >= 0.6 is 11.3 Å². The van der Waals surface area contributed by atoms with Gasteiger partial charge in [0.25, 0.3) is 5.91 Å². The fourth-order valence-corrected chi connectivity index (χ4v) is 5.39. The van der Waals surface area contributed by atoms with Gasteiger partial charge in [0.2, 0.25) is 11.8 Å². The van der Waals surface area contributed by atoms with Crippen molar-refractivity contribution in [2.24, 2.45) is 11.7 Å². The number of nitrogens with one attached hydrogen (secondary N) is 1. The first-order chi connectivity index (χ1) is 15.9. The summed E-state index contributed by atoms with van der Waals surface area (Å²) >= 11 is 1.55. The number of benzene rings is 1. The molecule has 0 saturated heterocycles. The van der Waals surface area contributed by atoms with Crippen LogP contribution in [0.3, 0.4) is 0 Å². The molecule has 0 atom stereocenters. The molecule has 33 heavy (non-hydrogen) atoms. The first kappa shape index (κ1) is 23.0. The Labute approximate surface area is 197 Å². The van der Waals surface area contributed by atoms with E-state index in [-0.39, 0.29) is 36.2 Å². The molecule has 8 heteroatoms. The number of amides is 3. The van der Waals surface area contributed by atoms with Crippen LogP contribution in [0.5, 0.6) is 0 Å². The third-order valence-electron chi connectivity index (χ3n) is 6.48. The molecule has 0 unspecified atom stereocenters. The Bertz CT molecular complexity index is 1160. The van der Waals surface area contributed by atoms with Crippen LogP contribution in [-0.2, 0) is 16.1 Å². The number of fused-ring (bicyclic) bond motifs is 1. The smallest absolute Gasteiger partial charge is 0.268 e. The maximum absolute atomic E-state index is 13.3. The molecule has 1 aliphatic rings. The van der Waals surface area contributed by atoms with Crippen LogP contribution < -0.4 is 16.0 Å². The van der Waals surface area contributed by atoms with Gasteiger partial charge in [-0.3, -0.25) is 14.4 Å². The molecule has 174 valence electrons. The Morgan fingerprint density at radius 1 is 1.12 bits per heavy atom. The van der Waals surface area contributed by atoms with Crippen LogP contribution in [0.15, 0.2) is 41.8 Å². The van der Waals surface area contributed by atoms with E-state index in [0.717, 1.165) is 34.3 Å². The Balaban J connectivity index is 1.52. The summed E-state index contributed by atoms with van der Waals surface area (Å²) in [7, 11) is 0. The topological polar surface area (TPSA) is 97.4 Å². The third kappa shape index (κ3) is 4.95. The van der Waals surface area contributed by atoms with Gasteiger partial charge in [0.1, 0.15) is 12.2 Å². The lowest BCUT2D eigenvalue weighted by Gasteiger charge is -2.27. The fourth-order valence-electron chi connectivity index (χ4n) is 4.57. The number of likely N-dealkylation sites (N-methyl/N-ethyl adjacent to an activating group) is 1. The Morgan fingerprint density at radius 2 is 1.82 bits per heavy atom. The summed E-state index contributed by atoms with van der Waals surface area (Å²) in [5, 5.41) is 5.08. The van der Waals surface area contributed by atoms with E-state index in [1.54, 1.807) is 16.2 Å². The molecule has 3 amide bonds. The monoisotopic (exact) mass is 466 g/mol. The van der Waals surface area contributed by atoms with E-state index in [2.05, 4.69) is 5.32 Å². The van der Waals surface area contributed by atoms with E-state index < -0.39 is 0 Å². The zero-order chi connectivity index (χ0) is 23.5. The molecule has 4 rings (SSSR count). The minimum atomic E-state index is -0.263. The lowest BCUT2D eigenvalue weighted by atomic mass is 9.85. The van der Waals surface area contributed by atoms with Crippen LogP contribution in [0.1, 0.15) is 48.7 Å². The summed E-state index contributed by atoms with van der Waals surface area (Å²) in [6.45, 7) is 4.59. The van der Waals surface area contributed by atoms with Crippen molar-refractivity contribution in [3.63, 3.8) is 0 Å². The maximum atomic E-state index is 13.3. The average molecular weight is 467 g/mol. The summed E-state index contributed by atoms with van der Waals surface area (Å²) in [6, 6.07) is 11.7. The highest BCUT2D eigenvalue weighted by Crippen LogP contribution is 2.28. The van der Waals surface area contributed by atoms with Crippen molar-refractivity contribution < 1.29 is 14.4 Å². The van der Waals surface area contributed by atoms with E-state index in [4.69, 9.17) is 5.73 Å². The molecule has 1 fully saturated rings. The van der Waals surface area contributed by atoms with Crippen LogP contribution in [0.2, 0.25) is 0 Å². The number of carbonyl (C=O) groups is 3. The molecule has 0 spiro atoms. The third-order valence-corrected chi connectivity index (χ3v) is 7.33. The highest BCUT2D eigenvalue weighted by molar-refractivity contribution is 7.17. The number of anilines is 1. The quantitative estimate of drug-likeness (QED) is 0.554. The van der Waals surface area contributed by atoms with Crippen molar-refractivity contribution in [1.29, 1.82) is 0 Å².